The summed E-state index contributed by atoms with van der Waals surface area (Å²) in [6.07, 6.45) is 1.37. The largest absolute Gasteiger partial charge is 0.496 e. The first-order valence-corrected chi connectivity index (χ1v) is 8.30. The standard InChI is InChI=1S/C21H20N2O5/c1-13(24)15-5-6-16(19(10-15)26-2)12-28-18-7-4-14(9-20(18)27-3)8-17(11-22)21(23)25/h4-10H,12H2,1-3H3,(H2,23,25)/b17-8+. The van der Waals surface area contributed by atoms with Crippen molar-refractivity contribution in [3.8, 4) is 23.3 Å². The second-order valence-electron chi connectivity index (χ2n) is 5.82. The fourth-order valence-corrected chi connectivity index (χ4v) is 2.46. The van der Waals surface area contributed by atoms with E-state index < -0.39 is 5.91 Å². The second kappa shape index (κ2) is 9.24. The van der Waals surface area contributed by atoms with Crippen LogP contribution in [-0.4, -0.2) is 25.9 Å². The van der Waals surface area contributed by atoms with E-state index in [1.807, 2.05) is 0 Å². The first-order valence-electron chi connectivity index (χ1n) is 8.30. The molecule has 0 saturated heterocycles. The van der Waals surface area contributed by atoms with Crippen molar-refractivity contribution in [2.24, 2.45) is 5.73 Å². The van der Waals surface area contributed by atoms with E-state index in [9.17, 15) is 9.59 Å². The first-order chi connectivity index (χ1) is 13.4. The lowest BCUT2D eigenvalue weighted by Crippen LogP contribution is -2.12. The smallest absolute Gasteiger partial charge is 0.259 e. The topological polar surface area (TPSA) is 112 Å². The monoisotopic (exact) mass is 380 g/mol. The normalized spacial score (nSPS) is 10.7. The molecule has 0 aliphatic rings. The molecule has 0 atom stereocenters. The zero-order chi connectivity index (χ0) is 20.7. The van der Waals surface area contributed by atoms with E-state index in [1.165, 1.54) is 27.2 Å². The van der Waals surface area contributed by atoms with Gasteiger partial charge in [0.2, 0.25) is 0 Å². The summed E-state index contributed by atoms with van der Waals surface area (Å²) < 4.78 is 16.5. The molecule has 0 heterocycles. The number of hydrogen-bond acceptors (Lipinski definition) is 6. The molecule has 2 aromatic rings. The SMILES string of the molecule is COc1cc(C(C)=O)ccc1COc1ccc(/C=C(\C#N)C(N)=O)cc1OC. The molecule has 0 aliphatic carbocycles. The highest BCUT2D eigenvalue weighted by Crippen LogP contribution is 2.31. The molecule has 7 heteroatoms. The first kappa shape index (κ1) is 20.5. The van der Waals surface area contributed by atoms with Crippen LogP contribution in [0.25, 0.3) is 6.08 Å². The van der Waals surface area contributed by atoms with Crippen LogP contribution in [0, 0.1) is 11.3 Å². The van der Waals surface area contributed by atoms with Crippen LogP contribution in [0.2, 0.25) is 0 Å². The van der Waals surface area contributed by atoms with Gasteiger partial charge in [0, 0.05) is 11.1 Å². The van der Waals surface area contributed by atoms with E-state index in [4.69, 9.17) is 25.2 Å². The molecule has 144 valence electrons. The maximum Gasteiger partial charge on any atom is 0.259 e. The highest BCUT2D eigenvalue weighted by molar-refractivity contribution is 6.00. The van der Waals surface area contributed by atoms with Crippen LogP contribution in [0.4, 0.5) is 0 Å². The van der Waals surface area contributed by atoms with Crippen LogP contribution in [0.3, 0.4) is 0 Å². The number of ketones is 1. The van der Waals surface area contributed by atoms with Gasteiger partial charge in [0.05, 0.1) is 14.2 Å². The minimum atomic E-state index is -0.803. The average Bonchev–Trinajstić information content (AvgIpc) is 2.70. The van der Waals surface area contributed by atoms with Crippen molar-refractivity contribution in [2.75, 3.05) is 14.2 Å². The van der Waals surface area contributed by atoms with Crippen molar-refractivity contribution >= 4 is 17.8 Å². The van der Waals surface area contributed by atoms with Crippen LogP contribution in [-0.2, 0) is 11.4 Å². The molecule has 0 unspecified atom stereocenters. The van der Waals surface area contributed by atoms with E-state index in [2.05, 4.69) is 0 Å². The summed E-state index contributed by atoms with van der Waals surface area (Å²) in [6, 6.07) is 11.9. The average molecular weight is 380 g/mol. The number of amides is 1. The zero-order valence-corrected chi connectivity index (χ0v) is 15.8. The summed E-state index contributed by atoms with van der Waals surface area (Å²) in [7, 11) is 3.01. The van der Waals surface area contributed by atoms with Crippen LogP contribution < -0.4 is 19.9 Å². The molecule has 2 N–H and O–H groups in total. The second-order valence-corrected chi connectivity index (χ2v) is 5.82. The van der Waals surface area contributed by atoms with Crippen molar-refractivity contribution in [3.63, 3.8) is 0 Å². The van der Waals surface area contributed by atoms with Crippen molar-refractivity contribution in [1.82, 2.24) is 0 Å². The van der Waals surface area contributed by atoms with Gasteiger partial charge in [0.25, 0.3) is 5.91 Å². The number of carbonyl (C=O) groups is 2. The Hall–Kier alpha value is -3.79. The minimum absolute atomic E-state index is 0.0521. The quantitative estimate of drug-likeness (QED) is 0.428. The molecule has 1 amide bonds. The zero-order valence-electron chi connectivity index (χ0n) is 15.8. The Morgan fingerprint density at radius 3 is 2.36 bits per heavy atom. The molecule has 0 radical (unpaired) electrons. The van der Waals surface area contributed by atoms with Gasteiger partial charge < -0.3 is 19.9 Å². The number of Topliss-reactive ketones (excluding diaryl/α,β-unsaturated/α-hetero) is 1. The molecular weight excluding hydrogens is 360 g/mol. The maximum atomic E-state index is 11.5. The maximum absolute atomic E-state index is 11.5. The van der Waals surface area contributed by atoms with Crippen molar-refractivity contribution in [3.05, 3.63) is 58.7 Å². The summed E-state index contributed by atoms with van der Waals surface area (Å²) in [5.41, 5.74) is 6.87. The molecule has 0 bridgehead atoms. The van der Waals surface area contributed by atoms with Gasteiger partial charge in [-0.05, 0) is 36.8 Å². The van der Waals surface area contributed by atoms with Crippen LogP contribution in [0.1, 0.15) is 28.4 Å². The summed E-state index contributed by atoms with van der Waals surface area (Å²) in [6.45, 7) is 1.68. The Labute approximate surface area is 162 Å². The summed E-state index contributed by atoms with van der Waals surface area (Å²) in [5, 5.41) is 8.94. The molecule has 2 rings (SSSR count). The number of methoxy groups -OCH3 is 2. The molecule has 0 spiro atoms. The lowest BCUT2D eigenvalue weighted by atomic mass is 10.1. The van der Waals surface area contributed by atoms with Crippen molar-refractivity contribution in [1.29, 1.82) is 5.26 Å². The number of nitriles is 1. The highest BCUT2D eigenvalue weighted by atomic mass is 16.5. The van der Waals surface area contributed by atoms with E-state index in [0.717, 1.165) is 5.56 Å². The number of hydrogen-bond donors (Lipinski definition) is 1. The van der Waals surface area contributed by atoms with Gasteiger partial charge in [-0.1, -0.05) is 18.2 Å². The number of carbonyl (C=O) groups excluding carboxylic acids is 2. The molecule has 28 heavy (non-hydrogen) atoms. The Bertz CT molecular complexity index is 973. The Morgan fingerprint density at radius 2 is 1.79 bits per heavy atom. The van der Waals surface area contributed by atoms with Gasteiger partial charge in [-0.25, -0.2) is 0 Å². The predicted molar refractivity (Wildman–Crippen MR) is 103 cm³/mol. The van der Waals surface area contributed by atoms with E-state index in [-0.39, 0.29) is 18.0 Å². The van der Waals surface area contributed by atoms with E-state index >= 15 is 0 Å². The number of primary amides is 1. The summed E-state index contributed by atoms with van der Waals surface area (Å²) in [5.74, 6) is 0.586. The molecule has 0 fully saturated rings. The predicted octanol–water partition coefficient (Wildman–Crippen LogP) is 2.88. The summed E-state index contributed by atoms with van der Waals surface area (Å²) in [4.78, 5) is 22.7. The van der Waals surface area contributed by atoms with Gasteiger partial charge in [-0.2, -0.15) is 5.26 Å². The highest BCUT2D eigenvalue weighted by Gasteiger charge is 2.11. The van der Waals surface area contributed by atoms with Crippen LogP contribution in [0.5, 0.6) is 17.2 Å². The number of ether oxygens (including phenoxy) is 3. The molecule has 7 nitrogen and oxygen atoms in total. The minimum Gasteiger partial charge on any atom is -0.496 e. The molecule has 0 saturated carbocycles. The molecular formula is C21H20N2O5. The fraction of sp³-hybridized carbons (Fsp3) is 0.190. The number of rotatable bonds is 8. The Kier molecular flexibility index (Phi) is 6.77. The number of nitrogens with two attached hydrogens (primary N) is 1. The Morgan fingerprint density at radius 1 is 1.07 bits per heavy atom. The van der Waals surface area contributed by atoms with Crippen LogP contribution >= 0.6 is 0 Å². The molecule has 0 aromatic heterocycles. The fourth-order valence-electron chi connectivity index (χ4n) is 2.46. The van der Waals surface area contributed by atoms with E-state index in [0.29, 0.717) is 28.4 Å². The molecule has 2 aromatic carbocycles. The van der Waals surface area contributed by atoms with Gasteiger partial charge in [0.1, 0.15) is 24.0 Å². The van der Waals surface area contributed by atoms with Gasteiger partial charge in [-0.3, -0.25) is 9.59 Å². The molecule has 0 aliphatic heterocycles. The lowest BCUT2D eigenvalue weighted by molar-refractivity contribution is -0.114. The van der Waals surface area contributed by atoms with Crippen molar-refractivity contribution in [2.45, 2.75) is 13.5 Å². The van der Waals surface area contributed by atoms with Gasteiger partial charge in [0.15, 0.2) is 17.3 Å². The van der Waals surface area contributed by atoms with Gasteiger partial charge >= 0.3 is 0 Å². The van der Waals surface area contributed by atoms with Gasteiger partial charge in [-0.15, -0.1) is 0 Å². The lowest BCUT2D eigenvalue weighted by Gasteiger charge is -2.14. The van der Waals surface area contributed by atoms with E-state index in [1.54, 1.807) is 42.5 Å². The number of nitrogens with zero attached hydrogens (tertiary/aromatic N) is 1. The third kappa shape index (κ3) is 4.89. The number of benzene rings is 2. The summed E-state index contributed by atoms with van der Waals surface area (Å²) >= 11 is 0. The van der Waals surface area contributed by atoms with Crippen LogP contribution in [0.15, 0.2) is 42.0 Å². The third-order valence-electron chi connectivity index (χ3n) is 3.96. The Balaban J connectivity index is 2.25. The third-order valence-corrected chi connectivity index (χ3v) is 3.96. The van der Waals surface area contributed by atoms with Crippen molar-refractivity contribution < 1.29 is 23.8 Å².